The van der Waals surface area contributed by atoms with Crippen LogP contribution in [0.15, 0.2) is 42.5 Å². The van der Waals surface area contributed by atoms with Crippen molar-refractivity contribution in [3.8, 4) is 5.75 Å². The van der Waals surface area contributed by atoms with Crippen molar-refractivity contribution in [1.82, 2.24) is 5.32 Å². The predicted octanol–water partition coefficient (Wildman–Crippen LogP) is 2.35. The first kappa shape index (κ1) is 15.3. The highest BCUT2D eigenvalue weighted by Gasteiger charge is 2.06. The highest BCUT2D eigenvalue weighted by molar-refractivity contribution is 5.84. The third-order valence-electron chi connectivity index (χ3n) is 3.36. The maximum atomic E-state index is 11.7. The van der Waals surface area contributed by atoms with Crippen LogP contribution in [0, 0.1) is 5.92 Å². The molecule has 0 saturated heterocycles. The highest BCUT2D eigenvalue weighted by atomic mass is 16.5. The van der Waals surface area contributed by atoms with Crippen molar-refractivity contribution >= 4 is 16.7 Å². The SMILES string of the molecule is CC(CCO)CNC(=O)COc1ccc2ccccc2c1. The number of hydrogen-bond acceptors (Lipinski definition) is 3. The van der Waals surface area contributed by atoms with Crippen LogP contribution in [0.5, 0.6) is 5.75 Å². The second-order valence-electron chi connectivity index (χ2n) is 5.22. The first-order valence-electron chi connectivity index (χ1n) is 7.18. The van der Waals surface area contributed by atoms with Gasteiger partial charge in [0, 0.05) is 13.2 Å². The van der Waals surface area contributed by atoms with E-state index in [0.29, 0.717) is 18.7 Å². The van der Waals surface area contributed by atoms with E-state index in [-0.39, 0.29) is 25.0 Å². The second kappa shape index (κ2) is 7.64. The summed E-state index contributed by atoms with van der Waals surface area (Å²) in [5.41, 5.74) is 0. The number of carbonyl (C=O) groups is 1. The first-order chi connectivity index (χ1) is 10.2. The van der Waals surface area contributed by atoms with Gasteiger partial charge in [-0.15, -0.1) is 0 Å². The second-order valence-corrected chi connectivity index (χ2v) is 5.22. The molecule has 2 aromatic carbocycles. The molecule has 0 saturated carbocycles. The van der Waals surface area contributed by atoms with Gasteiger partial charge in [0.25, 0.3) is 5.91 Å². The Labute approximate surface area is 124 Å². The molecule has 21 heavy (non-hydrogen) atoms. The fourth-order valence-corrected chi connectivity index (χ4v) is 2.07. The summed E-state index contributed by atoms with van der Waals surface area (Å²) in [4.78, 5) is 11.7. The Hall–Kier alpha value is -2.07. The van der Waals surface area contributed by atoms with Crippen LogP contribution < -0.4 is 10.1 Å². The maximum absolute atomic E-state index is 11.7. The van der Waals surface area contributed by atoms with E-state index >= 15 is 0 Å². The van der Waals surface area contributed by atoms with Crippen molar-refractivity contribution in [2.45, 2.75) is 13.3 Å². The van der Waals surface area contributed by atoms with Crippen molar-refractivity contribution in [3.05, 3.63) is 42.5 Å². The van der Waals surface area contributed by atoms with Crippen LogP contribution in [0.1, 0.15) is 13.3 Å². The maximum Gasteiger partial charge on any atom is 0.257 e. The fraction of sp³-hybridized carbons (Fsp3) is 0.353. The number of amides is 1. The van der Waals surface area contributed by atoms with Gasteiger partial charge in [0.2, 0.25) is 0 Å². The molecule has 4 nitrogen and oxygen atoms in total. The smallest absolute Gasteiger partial charge is 0.257 e. The molecule has 0 aliphatic rings. The van der Waals surface area contributed by atoms with Gasteiger partial charge in [-0.05, 0) is 35.2 Å². The minimum absolute atomic E-state index is 0.00415. The lowest BCUT2D eigenvalue weighted by Crippen LogP contribution is -2.32. The standard InChI is InChI=1S/C17H21NO3/c1-13(8-9-19)11-18-17(20)12-21-16-7-6-14-4-2-3-5-15(14)10-16/h2-7,10,13,19H,8-9,11-12H2,1H3,(H,18,20). The van der Waals surface area contributed by atoms with Gasteiger partial charge in [0.1, 0.15) is 5.75 Å². The van der Waals surface area contributed by atoms with Crippen LogP contribution in [0.3, 0.4) is 0 Å². The Morgan fingerprint density at radius 1 is 1.24 bits per heavy atom. The van der Waals surface area contributed by atoms with E-state index in [1.165, 1.54) is 0 Å². The van der Waals surface area contributed by atoms with Crippen LogP contribution in [-0.4, -0.2) is 30.8 Å². The van der Waals surface area contributed by atoms with Crippen LogP contribution in [-0.2, 0) is 4.79 Å². The van der Waals surface area contributed by atoms with E-state index < -0.39 is 0 Å². The average molecular weight is 287 g/mol. The average Bonchev–Trinajstić information content (AvgIpc) is 2.51. The summed E-state index contributed by atoms with van der Waals surface area (Å²) < 4.78 is 5.51. The van der Waals surface area contributed by atoms with Crippen molar-refractivity contribution in [2.75, 3.05) is 19.8 Å². The molecule has 1 amide bonds. The molecule has 0 heterocycles. The van der Waals surface area contributed by atoms with E-state index in [1.54, 1.807) is 0 Å². The number of nitrogens with one attached hydrogen (secondary N) is 1. The molecule has 2 N–H and O–H groups in total. The summed E-state index contributed by atoms with van der Waals surface area (Å²) in [6.45, 7) is 2.69. The summed E-state index contributed by atoms with van der Waals surface area (Å²) in [7, 11) is 0. The van der Waals surface area contributed by atoms with Crippen molar-refractivity contribution in [1.29, 1.82) is 0 Å². The van der Waals surface area contributed by atoms with Gasteiger partial charge >= 0.3 is 0 Å². The topological polar surface area (TPSA) is 58.6 Å². The van der Waals surface area contributed by atoms with E-state index in [4.69, 9.17) is 9.84 Å². The van der Waals surface area contributed by atoms with Crippen LogP contribution in [0.4, 0.5) is 0 Å². The van der Waals surface area contributed by atoms with Crippen molar-refractivity contribution in [2.24, 2.45) is 5.92 Å². The summed E-state index contributed by atoms with van der Waals surface area (Å²) in [6, 6.07) is 13.8. The molecule has 2 rings (SSSR count). The fourth-order valence-electron chi connectivity index (χ4n) is 2.07. The van der Waals surface area contributed by atoms with Crippen LogP contribution in [0.2, 0.25) is 0 Å². The van der Waals surface area contributed by atoms with Gasteiger partial charge in [-0.25, -0.2) is 0 Å². The Balaban J connectivity index is 1.82. The zero-order chi connectivity index (χ0) is 15.1. The summed E-state index contributed by atoms with van der Waals surface area (Å²) in [5.74, 6) is 0.805. The number of rotatable bonds is 7. The number of benzene rings is 2. The van der Waals surface area contributed by atoms with Crippen LogP contribution >= 0.6 is 0 Å². The van der Waals surface area contributed by atoms with Crippen LogP contribution in [0.25, 0.3) is 10.8 Å². The molecular weight excluding hydrogens is 266 g/mol. The number of aliphatic hydroxyl groups is 1. The van der Waals surface area contributed by atoms with E-state index in [9.17, 15) is 4.79 Å². The Morgan fingerprint density at radius 2 is 2.00 bits per heavy atom. The van der Waals surface area contributed by atoms with Gasteiger partial charge in [-0.2, -0.15) is 0 Å². The van der Waals surface area contributed by atoms with Crippen molar-refractivity contribution in [3.63, 3.8) is 0 Å². The normalized spacial score (nSPS) is 12.1. The van der Waals surface area contributed by atoms with Gasteiger partial charge in [0.05, 0.1) is 0 Å². The van der Waals surface area contributed by atoms with Gasteiger partial charge < -0.3 is 15.2 Å². The number of aliphatic hydroxyl groups excluding tert-OH is 1. The molecule has 0 fully saturated rings. The largest absolute Gasteiger partial charge is 0.484 e. The molecule has 2 aromatic rings. The number of carbonyl (C=O) groups excluding carboxylic acids is 1. The lowest BCUT2D eigenvalue weighted by atomic mass is 10.1. The molecule has 1 atom stereocenters. The molecule has 1 unspecified atom stereocenters. The lowest BCUT2D eigenvalue weighted by molar-refractivity contribution is -0.123. The Bertz CT molecular complexity index is 597. The van der Waals surface area contributed by atoms with Gasteiger partial charge in [-0.1, -0.05) is 37.3 Å². The molecule has 4 heteroatoms. The highest BCUT2D eigenvalue weighted by Crippen LogP contribution is 2.20. The molecule has 0 aliphatic heterocycles. The number of hydrogen-bond donors (Lipinski definition) is 2. The monoisotopic (exact) mass is 287 g/mol. The minimum Gasteiger partial charge on any atom is -0.484 e. The molecule has 0 aliphatic carbocycles. The summed E-state index contributed by atoms with van der Waals surface area (Å²) in [6.07, 6.45) is 0.686. The zero-order valence-electron chi connectivity index (χ0n) is 12.2. The number of fused-ring (bicyclic) bond motifs is 1. The van der Waals surface area contributed by atoms with Gasteiger partial charge in [0.15, 0.2) is 6.61 Å². The quantitative estimate of drug-likeness (QED) is 0.822. The van der Waals surface area contributed by atoms with E-state index in [2.05, 4.69) is 5.32 Å². The predicted molar refractivity (Wildman–Crippen MR) is 83.3 cm³/mol. The number of ether oxygens (including phenoxy) is 1. The molecular formula is C17H21NO3. The molecule has 0 bridgehead atoms. The minimum atomic E-state index is -0.145. The van der Waals surface area contributed by atoms with Crippen molar-refractivity contribution < 1.29 is 14.6 Å². The third-order valence-corrected chi connectivity index (χ3v) is 3.36. The summed E-state index contributed by atoms with van der Waals surface area (Å²) >= 11 is 0. The first-order valence-corrected chi connectivity index (χ1v) is 7.18. The van der Waals surface area contributed by atoms with Gasteiger partial charge in [-0.3, -0.25) is 4.79 Å². The molecule has 0 aromatic heterocycles. The van der Waals surface area contributed by atoms with E-state index in [0.717, 1.165) is 10.8 Å². The molecule has 112 valence electrons. The molecule has 0 spiro atoms. The Kier molecular flexibility index (Phi) is 5.58. The molecule has 0 radical (unpaired) electrons. The summed E-state index contributed by atoms with van der Waals surface area (Å²) in [5, 5.41) is 13.8. The third kappa shape index (κ3) is 4.76. The zero-order valence-corrected chi connectivity index (χ0v) is 12.2. The van der Waals surface area contributed by atoms with E-state index in [1.807, 2.05) is 49.4 Å². The Morgan fingerprint density at radius 3 is 2.76 bits per heavy atom. The lowest BCUT2D eigenvalue weighted by Gasteiger charge is -2.12.